The molecule has 7 nitrogen and oxygen atoms in total. The number of aromatic nitrogens is 3. The molecular formula is C21H25N5O2. The lowest BCUT2D eigenvalue weighted by molar-refractivity contribution is 0.0786. The van der Waals surface area contributed by atoms with E-state index in [1.807, 2.05) is 43.7 Å². The minimum atomic E-state index is -0.132. The predicted molar refractivity (Wildman–Crippen MR) is 108 cm³/mol. The summed E-state index contributed by atoms with van der Waals surface area (Å²) in [5.41, 5.74) is 3.64. The molecule has 3 aromatic rings. The molecule has 7 heteroatoms. The van der Waals surface area contributed by atoms with Crippen LogP contribution in [0.2, 0.25) is 0 Å². The highest BCUT2D eigenvalue weighted by atomic mass is 16.2. The number of fused-ring (bicyclic) bond motifs is 1. The molecule has 0 aliphatic heterocycles. The van der Waals surface area contributed by atoms with Crippen molar-refractivity contribution in [1.29, 1.82) is 0 Å². The van der Waals surface area contributed by atoms with Gasteiger partial charge >= 0.3 is 0 Å². The van der Waals surface area contributed by atoms with E-state index in [0.717, 1.165) is 22.3 Å². The van der Waals surface area contributed by atoms with Gasteiger partial charge in [0, 0.05) is 37.9 Å². The Morgan fingerprint density at radius 3 is 2.50 bits per heavy atom. The molecule has 2 aromatic heterocycles. The molecule has 0 bridgehead atoms. The van der Waals surface area contributed by atoms with Gasteiger partial charge in [-0.3, -0.25) is 9.59 Å². The lowest BCUT2D eigenvalue weighted by Gasteiger charge is -2.18. The monoisotopic (exact) mass is 379 g/mol. The molecule has 0 saturated heterocycles. The number of benzene rings is 1. The summed E-state index contributed by atoms with van der Waals surface area (Å²) < 4.78 is 1.83. The SMILES string of the molecule is CNC(=O)c1ccc(CN(C)C(=O)c2cc(C)nc3c2cnn3C(C)C)cc1. The molecule has 2 amide bonds. The maximum atomic E-state index is 13.1. The highest BCUT2D eigenvalue weighted by molar-refractivity contribution is 6.05. The molecule has 0 aliphatic rings. The average molecular weight is 379 g/mol. The van der Waals surface area contributed by atoms with Gasteiger partial charge in [-0.1, -0.05) is 12.1 Å². The predicted octanol–water partition coefficient (Wildman–Crippen LogP) is 2.95. The van der Waals surface area contributed by atoms with Crippen molar-refractivity contribution >= 4 is 22.8 Å². The Morgan fingerprint density at radius 1 is 1.21 bits per heavy atom. The number of hydrogen-bond acceptors (Lipinski definition) is 4. The zero-order valence-corrected chi connectivity index (χ0v) is 16.9. The van der Waals surface area contributed by atoms with Crippen LogP contribution in [-0.2, 0) is 6.54 Å². The van der Waals surface area contributed by atoms with Gasteiger partial charge in [0.25, 0.3) is 11.8 Å². The maximum absolute atomic E-state index is 13.1. The first-order valence-corrected chi connectivity index (χ1v) is 9.23. The average Bonchev–Trinajstić information content (AvgIpc) is 3.10. The van der Waals surface area contributed by atoms with Gasteiger partial charge < -0.3 is 10.2 Å². The van der Waals surface area contributed by atoms with Crippen LogP contribution in [0.25, 0.3) is 11.0 Å². The molecule has 1 N–H and O–H groups in total. The summed E-state index contributed by atoms with van der Waals surface area (Å²) in [7, 11) is 3.37. The Bertz CT molecular complexity index is 1020. The molecule has 0 spiro atoms. The summed E-state index contributed by atoms with van der Waals surface area (Å²) in [5, 5.41) is 7.75. The molecule has 3 rings (SSSR count). The second kappa shape index (κ2) is 7.80. The summed E-state index contributed by atoms with van der Waals surface area (Å²) >= 11 is 0. The Morgan fingerprint density at radius 2 is 1.89 bits per heavy atom. The van der Waals surface area contributed by atoms with E-state index in [-0.39, 0.29) is 17.9 Å². The summed E-state index contributed by atoms with van der Waals surface area (Å²) in [5.74, 6) is -0.220. The molecule has 0 unspecified atom stereocenters. The van der Waals surface area contributed by atoms with Crippen molar-refractivity contribution in [3.05, 3.63) is 58.9 Å². The number of carbonyl (C=O) groups is 2. The van der Waals surface area contributed by atoms with E-state index in [1.54, 1.807) is 37.3 Å². The van der Waals surface area contributed by atoms with Crippen LogP contribution in [0.3, 0.4) is 0 Å². The van der Waals surface area contributed by atoms with Crippen molar-refractivity contribution in [1.82, 2.24) is 25.0 Å². The standard InChI is InChI=1S/C21H25N5O2/c1-13(2)26-19-18(11-23-26)17(10-14(3)24-19)21(28)25(5)12-15-6-8-16(9-7-15)20(27)22-4/h6-11,13H,12H2,1-5H3,(H,22,27). The minimum Gasteiger partial charge on any atom is -0.355 e. The second-order valence-corrected chi connectivity index (χ2v) is 7.17. The number of carbonyl (C=O) groups excluding carboxylic acids is 2. The highest BCUT2D eigenvalue weighted by Gasteiger charge is 2.20. The fraction of sp³-hybridized carbons (Fsp3) is 0.333. The number of rotatable bonds is 5. The molecule has 0 radical (unpaired) electrons. The molecule has 0 atom stereocenters. The number of nitrogens with one attached hydrogen (secondary N) is 1. The molecule has 146 valence electrons. The number of pyridine rings is 1. The summed E-state index contributed by atoms with van der Waals surface area (Å²) in [4.78, 5) is 31.0. The van der Waals surface area contributed by atoms with E-state index in [9.17, 15) is 9.59 Å². The number of hydrogen-bond donors (Lipinski definition) is 1. The molecule has 1 aromatic carbocycles. The zero-order chi connectivity index (χ0) is 20.4. The Kier molecular flexibility index (Phi) is 5.44. The molecule has 2 heterocycles. The number of amides is 2. The van der Waals surface area contributed by atoms with E-state index in [0.29, 0.717) is 17.7 Å². The van der Waals surface area contributed by atoms with Crippen molar-refractivity contribution in [2.45, 2.75) is 33.4 Å². The first-order chi connectivity index (χ1) is 13.3. The largest absolute Gasteiger partial charge is 0.355 e. The van der Waals surface area contributed by atoms with E-state index in [2.05, 4.69) is 15.4 Å². The Labute approximate surface area is 164 Å². The molecule has 28 heavy (non-hydrogen) atoms. The van der Waals surface area contributed by atoms with Gasteiger partial charge in [-0.2, -0.15) is 5.10 Å². The van der Waals surface area contributed by atoms with Gasteiger partial charge in [-0.15, -0.1) is 0 Å². The van der Waals surface area contributed by atoms with Gasteiger partial charge in [0.05, 0.1) is 17.1 Å². The van der Waals surface area contributed by atoms with Crippen LogP contribution in [0.5, 0.6) is 0 Å². The van der Waals surface area contributed by atoms with Gasteiger partial charge in [0.15, 0.2) is 5.65 Å². The third-order valence-electron chi connectivity index (χ3n) is 4.62. The van der Waals surface area contributed by atoms with Crippen molar-refractivity contribution in [3.8, 4) is 0 Å². The molecule has 0 fully saturated rings. The van der Waals surface area contributed by atoms with Gasteiger partial charge in [0.1, 0.15) is 0 Å². The van der Waals surface area contributed by atoms with Crippen molar-refractivity contribution in [2.75, 3.05) is 14.1 Å². The van der Waals surface area contributed by atoms with Gasteiger partial charge in [0.2, 0.25) is 0 Å². The van der Waals surface area contributed by atoms with Crippen LogP contribution in [0.1, 0.15) is 51.9 Å². The fourth-order valence-corrected chi connectivity index (χ4v) is 3.16. The zero-order valence-electron chi connectivity index (χ0n) is 16.9. The maximum Gasteiger partial charge on any atom is 0.254 e. The van der Waals surface area contributed by atoms with Crippen molar-refractivity contribution in [3.63, 3.8) is 0 Å². The third kappa shape index (κ3) is 3.74. The third-order valence-corrected chi connectivity index (χ3v) is 4.62. The van der Waals surface area contributed by atoms with Crippen molar-refractivity contribution in [2.24, 2.45) is 0 Å². The quantitative estimate of drug-likeness (QED) is 0.739. The van der Waals surface area contributed by atoms with E-state index >= 15 is 0 Å². The van der Waals surface area contributed by atoms with Crippen molar-refractivity contribution < 1.29 is 9.59 Å². The normalized spacial score (nSPS) is 11.1. The molecular weight excluding hydrogens is 354 g/mol. The first kappa shape index (κ1) is 19.5. The van der Waals surface area contributed by atoms with Crippen LogP contribution < -0.4 is 5.32 Å². The first-order valence-electron chi connectivity index (χ1n) is 9.23. The molecule has 0 aliphatic carbocycles. The summed E-state index contributed by atoms with van der Waals surface area (Å²) in [6.45, 7) is 6.39. The summed E-state index contributed by atoms with van der Waals surface area (Å²) in [6, 6.07) is 9.20. The highest BCUT2D eigenvalue weighted by Crippen LogP contribution is 2.22. The topological polar surface area (TPSA) is 80.1 Å². The lowest BCUT2D eigenvalue weighted by Crippen LogP contribution is -2.26. The second-order valence-electron chi connectivity index (χ2n) is 7.17. The van der Waals surface area contributed by atoms with Crippen LogP contribution in [-0.4, -0.2) is 45.6 Å². The molecule has 0 saturated carbocycles. The van der Waals surface area contributed by atoms with Crippen LogP contribution in [0, 0.1) is 6.92 Å². The van der Waals surface area contributed by atoms with E-state index in [1.165, 1.54) is 0 Å². The van der Waals surface area contributed by atoms with Crippen LogP contribution in [0.15, 0.2) is 36.5 Å². The van der Waals surface area contributed by atoms with E-state index in [4.69, 9.17) is 0 Å². The Hall–Kier alpha value is -3.22. The smallest absolute Gasteiger partial charge is 0.254 e. The Balaban J connectivity index is 1.86. The minimum absolute atomic E-state index is 0.0887. The summed E-state index contributed by atoms with van der Waals surface area (Å²) in [6.07, 6.45) is 1.71. The van der Waals surface area contributed by atoms with Gasteiger partial charge in [-0.25, -0.2) is 9.67 Å². The number of nitrogens with zero attached hydrogens (tertiary/aromatic N) is 4. The van der Waals surface area contributed by atoms with E-state index < -0.39 is 0 Å². The number of aryl methyl sites for hydroxylation is 1. The van der Waals surface area contributed by atoms with Crippen LogP contribution >= 0.6 is 0 Å². The van der Waals surface area contributed by atoms with Gasteiger partial charge in [-0.05, 0) is 44.5 Å². The lowest BCUT2D eigenvalue weighted by atomic mass is 10.1. The fourth-order valence-electron chi connectivity index (χ4n) is 3.16. The van der Waals surface area contributed by atoms with Crippen LogP contribution in [0.4, 0.5) is 0 Å².